The second-order valence-electron chi connectivity index (χ2n) is 4.63. The summed E-state index contributed by atoms with van der Waals surface area (Å²) in [5.41, 5.74) is 5.65. The molecule has 98 valence electrons. The van der Waals surface area contributed by atoms with Crippen LogP contribution >= 0.6 is 12.2 Å². The first-order valence-corrected chi connectivity index (χ1v) is 6.47. The lowest BCUT2D eigenvalue weighted by molar-refractivity contribution is 0.567. The molecule has 0 aromatic heterocycles. The molecular weight excluding hydrogens is 254 g/mol. The number of thiocarbonyl (C=S) groups is 1. The van der Waals surface area contributed by atoms with Gasteiger partial charge in [-0.25, -0.2) is 8.78 Å². The van der Waals surface area contributed by atoms with E-state index in [2.05, 4.69) is 0 Å². The predicted octanol–water partition coefficient (Wildman–Crippen LogP) is 2.84. The molecule has 1 saturated carbocycles. The summed E-state index contributed by atoms with van der Waals surface area (Å²) in [7, 11) is 0. The van der Waals surface area contributed by atoms with Crippen LogP contribution in [-0.2, 0) is 0 Å². The number of hydrogen-bond donors (Lipinski definition) is 1. The second kappa shape index (κ2) is 5.18. The maximum atomic E-state index is 14.0. The van der Waals surface area contributed by atoms with Gasteiger partial charge in [-0.05, 0) is 37.8 Å². The smallest absolute Gasteiger partial charge is 0.150 e. The highest BCUT2D eigenvalue weighted by molar-refractivity contribution is 7.80. The van der Waals surface area contributed by atoms with Gasteiger partial charge in [0, 0.05) is 18.7 Å². The van der Waals surface area contributed by atoms with Crippen molar-refractivity contribution in [1.29, 1.82) is 0 Å². The molecule has 2 rings (SSSR count). The van der Waals surface area contributed by atoms with Gasteiger partial charge in [-0.1, -0.05) is 12.2 Å². The van der Waals surface area contributed by atoms with Crippen molar-refractivity contribution in [3.63, 3.8) is 0 Å². The fourth-order valence-corrected chi connectivity index (χ4v) is 2.12. The fraction of sp³-hybridized carbons (Fsp3) is 0.462. The van der Waals surface area contributed by atoms with E-state index in [-0.39, 0.29) is 16.2 Å². The van der Waals surface area contributed by atoms with Crippen molar-refractivity contribution < 1.29 is 8.78 Å². The standard InChI is InChI=1S/C13H16F2N2S/c1-2-17(7-8-3-4-8)12-10(14)5-9(13(16)18)6-11(12)15/h5-6,8H,2-4,7H2,1H3,(H2,16,18). The van der Waals surface area contributed by atoms with Crippen molar-refractivity contribution in [3.8, 4) is 0 Å². The molecule has 0 bridgehead atoms. The van der Waals surface area contributed by atoms with Crippen molar-refractivity contribution in [2.45, 2.75) is 19.8 Å². The SMILES string of the molecule is CCN(CC1CC1)c1c(F)cc(C(N)=S)cc1F. The van der Waals surface area contributed by atoms with Crippen molar-refractivity contribution >= 4 is 22.9 Å². The molecule has 5 heteroatoms. The molecule has 2 N–H and O–H groups in total. The van der Waals surface area contributed by atoms with Gasteiger partial charge in [0.25, 0.3) is 0 Å². The molecule has 0 heterocycles. The molecule has 1 aromatic rings. The van der Waals surface area contributed by atoms with Crippen LogP contribution < -0.4 is 10.6 Å². The highest BCUT2D eigenvalue weighted by atomic mass is 32.1. The van der Waals surface area contributed by atoms with E-state index in [0.29, 0.717) is 19.0 Å². The number of hydrogen-bond acceptors (Lipinski definition) is 2. The van der Waals surface area contributed by atoms with Crippen LogP contribution in [0.3, 0.4) is 0 Å². The molecule has 0 spiro atoms. The molecule has 0 amide bonds. The minimum atomic E-state index is -0.597. The van der Waals surface area contributed by atoms with Crippen LogP contribution in [0.5, 0.6) is 0 Å². The van der Waals surface area contributed by atoms with E-state index >= 15 is 0 Å². The van der Waals surface area contributed by atoms with Gasteiger partial charge in [-0.3, -0.25) is 0 Å². The monoisotopic (exact) mass is 270 g/mol. The first-order valence-electron chi connectivity index (χ1n) is 6.06. The summed E-state index contributed by atoms with van der Waals surface area (Å²) in [6.07, 6.45) is 2.29. The van der Waals surface area contributed by atoms with Crippen molar-refractivity contribution in [2.24, 2.45) is 11.7 Å². The van der Waals surface area contributed by atoms with E-state index in [4.69, 9.17) is 18.0 Å². The molecule has 1 aliphatic rings. The minimum absolute atomic E-state index is 0.00425. The highest BCUT2D eigenvalue weighted by Crippen LogP contribution is 2.33. The Morgan fingerprint density at radius 2 is 1.94 bits per heavy atom. The van der Waals surface area contributed by atoms with Gasteiger partial charge in [-0.2, -0.15) is 0 Å². The second-order valence-corrected chi connectivity index (χ2v) is 5.07. The van der Waals surface area contributed by atoms with Gasteiger partial charge >= 0.3 is 0 Å². The van der Waals surface area contributed by atoms with Gasteiger partial charge in [0.05, 0.1) is 0 Å². The van der Waals surface area contributed by atoms with Crippen LogP contribution in [0.25, 0.3) is 0 Å². The summed E-state index contributed by atoms with van der Waals surface area (Å²) >= 11 is 4.73. The van der Waals surface area contributed by atoms with Gasteiger partial charge in [0.15, 0.2) is 0 Å². The van der Waals surface area contributed by atoms with Crippen LogP contribution in [0.1, 0.15) is 25.3 Å². The first-order chi connectivity index (χ1) is 8.52. The number of anilines is 1. The summed E-state index contributed by atoms with van der Waals surface area (Å²) in [5.74, 6) is -0.625. The average molecular weight is 270 g/mol. The van der Waals surface area contributed by atoms with Crippen molar-refractivity contribution in [1.82, 2.24) is 0 Å². The Balaban J connectivity index is 2.33. The molecule has 0 aliphatic heterocycles. The van der Waals surface area contributed by atoms with Gasteiger partial charge in [0.1, 0.15) is 22.3 Å². The Bertz CT molecular complexity index is 449. The summed E-state index contributed by atoms with van der Waals surface area (Å²) in [6.45, 7) is 3.18. The third-order valence-electron chi connectivity index (χ3n) is 3.17. The van der Waals surface area contributed by atoms with Crippen molar-refractivity contribution in [2.75, 3.05) is 18.0 Å². The van der Waals surface area contributed by atoms with Crippen LogP contribution in [0.15, 0.2) is 12.1 Å². The van der Waals surface area contributed by atoms with Crippen LogP contribution in [0.2, 0.25) is 0 Å². The number of benzene rings is 1. The zero-order valence-electron chi connectivity index (χ0n) is 10.2. The number of rotatable bonds is 5. The lowest BCUT2D eigenvalue weighted by Gasteiger charge is -2.24. The Kier molecular flexibility index (Phi) is 3.80. The van der Waals surface area contributed by atoms with E-state index in [1.807, 2.05) is 6.92 Å². The Morgan fingerprint density at radius 1 is 1.39 bits per heavy atom. The molecule has 1 fully saturated rings. The van der Waals surface area contributed by atoms with E-state index in [0.717, 1.165) is 12.8 Å². The molecule has 18 heavy (non-hydrogen) atoms. The van der Waals surface area contributed by atoms with Gasteiger partial charge in [-0.15, -0.1) is 0 Å². The van der Waals surface area contributed by atoms with E-state index in [1.54, 1.807) is 4.90 Å². The zero-order valence-corrected chi connectivity index (χ0v) is 11.1. The minimum Gasteiger partial charge on any atom is -0.389 e. The topological polar surface area (TPSA) is 29.3 Å². The molecule has 2 nitrogen and oxygen atoms in total. The lowest BCUT2D eigenvalue weighted by Crippen LogP contribution is -2.27. The number of nitrogens with two attached hydrogens (primary N) is 1. The van der Waals surface area contributed by atoms with Gasteiger partial charge in [0.2, 0.25) is 0 Å². The van der Waals surface area contributed by atoms with Crippen LogP contribution in [0, 0.1) is 17.6 Å². The average Bonchev–Trinajstić information content (AvgIpc) is 3.10. The Hall–Kier alpha value is -1.23. The quantitative estimate of drug-likeness (QED) is 0.834. The number of halogens is 2. The van der Waals surface area contributed by atoms with Crippen molar-refractivity contribution in [3.05, 3.63) is 29.3 Å². The van der Waals surface area contributed by atoms with E-state index in [1.165, 1.54) is 12.1 Å². The molecule has 0 saturated heterocycles. The summed E-state index contributed by atoms with van der Waals surface area (Å²) < 4.78 is 28.0. The van der Waals surface area contributed by atoms with Crippen LogP contribution in [0.4, 0.5) is 14.5 Å². The summed E-state index contributed by atoms with van der Waals surface area (Å²) in [4.78, 5) is 1.75. The Morgan fingerprint density at radius 3 is 2.33 bits per heavy atom. The number of nitrogens with zero attached hydrogens (tertiary/aromatic N) is 1. The Labute approximate surface area is 111 Å². The summed E-state index contributed by atoms with van der Waals surface area (Å²) in [5, 5.41) is 0. The molecule has 0 unspecified atom stereocenters. The largest absolute Gasteiger partial charge is 0.389 e. The first kappa shape index (κ1) is 13.2. The molecule has 1 aromatic carbocycles. The maximum Gasteiger partial charge on any atom is 0.150 e. The molecule has 1 aliphatic carbocycles. The summed E-state index contributed by atoms with van der Waals surface area (Å²) in [6, 6.07) is 2.41. The van der Waals surface area contributed by atoms with E-state index in [9.17, 15) is 8.78 Å². The third-order valence-corrected chi connectivity index (χ3v) is 3.41. The lowest BCUT2D eigenvalue weighted by atomic mass is 10.1. The normalized spacial score (nSPS) is 14.6. The highest BCUT2D eigenvalue weighted by Gasteiger charge is 2.26. The zero-order chi connectivity index (χ0) is 13.3. The fourth-order valence-electron chi connectivity index (χ4n) is 2.00. The van der Waals surface area contributed by atoms with Gasteiger partial charge < -0.3 is 10.6 Å². The third kappa shape index (κ3) is 2.77. The molecule has 0 radical (unpaired) electrons. The molecular formula is C13H16F2N2S. The molecule has 0 atom stereocenters. The van der Waals surface area contributed by atoms with E-state index < -0.39 is 11.6 Å². The maximum absolute atomic E-state index is 14.0. The predicted molar refractivity (Wildman–Crippen MR) is 72.9 cm³/mol. The van der Waals surface area contributed by atoms with Crippen LogP contribution in [-0.4, -0.2) is 18.1 Å².